The molecular weight excluding hydrogens is 228 g/mol. The zero-order chi connectivity index (χ0) is 13.6. The number of ether oxygens (including phenoxy) is 2. The molecule has 1 aliphatic rings. The smallest absolute Gasteiger partial charge is 0.314 e. The molecular formula is C15H28O3. The van der Waals surface area contributed by atoms with E-state index >= 15 is 0 Å². The molecule has 1 fully saturated rings. The zero-order valence-corrected chi connectivity index (χ0v) is 12.3. The van der Waals surface area contributed by atoms with Crippen LogP contribution < -0.4 is 0 Å². The molecule has 1 rings (SSSR count). The average molecular weight is 256 g/mol. The molecule has 1 atom stereocenters. The largest absolute Gasteiger partial charge is 0.465 e. The highest BCUT2D eigenvalue weighted by Crippen LogP contribution is 2.46. The number of methoxy groups -OCH3 is 1. The minimum absolute atomic E-state index is 0.0481. The van der Waals surface area contributed by atoms with Crippen molar-refractivity contribution in [1.29, 1.82) is 0 Å². The molecule has 0 aromatic carbocycles. The molecule has 1 aliphatic carbocycles. The maximum atomic E-state index is 12.5. The van der Waals surface area contributed by atoms with Crippen LogP contribution in [0.5, 0.6) is 0 Å². The maximum absolute atomic E-state index is 12.5. The molecule has 0 bridgehead atoms. The second-order valence-corrected chi connectivity index (χ2v) is 5.75. The summed E-state index contributed by atoms with van der Waals surface area (Å²) in [6, 6.07) is 0. The molecule has 3 heteroatoms. The molecule has 0 heterocycles. The third-order valence-electron chi connectivity index (χ3n) is 4.31. The molecule has 0 radical (unpaired) electrons. The summed E-state index contributed by atoms with van der Waals surface area (Å²) in [7, 11) is 1.68. The molecule has 1 saturated carbocycles. The standard InChI is InChI=1S/C15H28O3/c1-5-10-18-14(16)15(11-17-4,12(2)3)13-8-6-7-9-13/h12-13H,5-11H2,1-4H3. The third kappa shape index (κ3) is 3.05. The van der Waals surface area contributed by atoms with Gasteiger partial charge in [0.25, 0.3) is 0 Å². The lowest BCUT2D eigenvalue weighted by Gasteiger charge is -2.39. The first-order valence-electron chi connectivity index (χ1n) is 7.25. The fourth-order valence-corrected chi connectivity index (χ4v) is 3.23. The average Bonchev–Trinajstić information content (AvgIpc) is 2.86. The van der Waals surface area contributed by atoms with Gasteiger partial charge < -0.3 is 9.47 Å². The SMILES string of the molecule is CCCOC(=O)C(COC)(C(C)C)C1CCCC1. The lowest BCUT2D eigenvalue weighted by Crippen LogP contribution is -2.47. The van der Waals surface area contributed by atoms with Crippen molar-refractivity contribution in [3.63, 3.8) is 0 Å². The second kappa shape index (κ2) is 7.13. The lowest BCUT2D eigenvalue weighted by atomic mass is 9.67. The van der Waals surface area contributed by atoms with E-state index in [-0.39, 0.29) is 11.9 Å². The van der Waals surface area contributed by atoms with Gasteiger partial charge in [0.15, 0.2) is 0 Å². The molecule has 0 amide bonds. The van der Waals surface area contributed by atoms with Crippen LogP contribution in [0.3, 0.4) is 0 Å². The zero-order valence-electron chi connectivity index (χ0n) is 12.3. The Hall–Kier alpha value is -0.570. The van der Waals surface area contributed by atoms with Crippen LogP contribution in [0.25, 0.3) is 0 Å². The summed E-state index contributed by atoms with van der Waals surface area (Å²) in [6.07, 6.45) is 5.58. The van der Waals surface area contributed by atoms with Gasteiger partial charge in [-0.1, -0.05) is 33.6 Å². The summed E-state index contributed by atoms with van der Waals surface area (Å²) in [5.41, 5.74) is -0.444. The van der Waals surface area contributed by atoms with E-state index in [9.17, 15) is 4.79 Å². The van der Waals surface area contributed by atoms with Crippen molar-refractivity contribution in [2.45, 2.75) is 52.9 Å². The molecule has 3 nitrogen and oxygen atoms in total. The van der Waals surface area contributed by atoms with Crippen LogP contribution in [0.2, 0.25) is 0 Å². The van der Waals surface area contributed by atoms with E-state index in [1.165, 1.54) is 12.8 Å². The van der Waals surface area contributed by atoms with Crippen LogP contribution in [-0.2, 0) is 14.3 Å². The Morgan fingerprint density at radius 1 is 1.33 bits per heavy atom. The van der Waals surface area contributed by atoms with E-state index in [2.05, 4.69) is 13.8 Å². The summed E-state index contributed by atoms with van der Waals surface area (Å²) in [6.45, 7) is 7.26. The molecule has 0 aromatic heterocycles. The number of carbonyl (C=O) groups excluding carboxylic acids is 1. The van der Waals surface area contributed by atoms with Gasteiger partial charge in [0, 0.05) is 7.11 Å². The van der Waals surface area contributed by atoms with Crippen molar-refractivity contribution < 1.29 is 14.3 Å². The Kier molecular flexibility index (Phi) is 6.13. The Balaban J connectivity index is 2.92. The normalized spacial score (nSPS) is 20.1. The highest BCUT2D eigenvalue weighted by molar-refractivity contribution is 5.78. The van der Waals surface area contributed by atoms with Crippen LogP contribution in [0, 0.1) is 17.3 Å². The van der Waals surface area contributed by atoms with Gasteiger partial charge in [0.05, 0.1) is 18.6 Å². The minimum atomic E-state index is -0.444. The second-order valence-electron chi connectivity index (χ2n) is 5.75. The summed E-state index contributed by atoms with van der Waals surface area (Å²) in [5, 5.41) is 0. The van der Waals surface area contributed by atoms with Crippen molar-refractivity contribution in [3.05, 3.63) is 0 Å². The Bertz CT molecular complexity index is 256. The molecule has 0 N–H and O–H groups in total. The first-order chi connectivity index (χ1) is 8.59. The predicted molar refractivity (Wildman–Crippen MR) is 72.4 cm³/mol. The molecule has 1 unspecified atom stereocenters. The van der Waals surface area contributed by atoms with Gasteiger partial charge in [-0.2, -0.15) is 0 Å². The summed E-state index contributed by atoms with van der Waals surface area (Å²) in [5.74, 6) is 0.625. The van der Waals surface area contributed by atoms with Gasteiger partial charge in [-0.3, -0.25) is 4.79 Å². The number of hydrogen-bond donors (Lipinski definition) is 0. The predicted octanol–water partition coefficient (Wildman–Crippen LogP) is 3.42. The number of esters is 1. The molecule has 18 heavy (non-hydrogen) atoms. The van der Waals surface area contributed by atoms with Crippen molar-refractivity contribution in [2.24, 2.45) is 17.3 Å². The highest BCUT2D eigenvalue weighted by Gasteiger charge is 2.50. The first-order valence-corrected chi connectivity index (χ1v) is 7.25. The van der Waals surface area contributed by atoms with Gasteiger partial charge in [0.2, 0.25) is 0 Å². The van der Waals surface area contributed by atoms with Gasteiger partial charge in [-0.05, 0) is 31.1 Å². The fourth-order valence-electron chi connectivity index (χ4n) is 3.23. The molecule has 0 aromatic rings. The molecule has 0 spiro atoms. The molecule has 0 saturated heterocycles. The topological polar surface area (TPSA) is 35.5 Å². The number of rotatable bonds is 7. The van der Waals surface area contributed by atoms with E-state index in [1.54, 1.807) is 7.11 Å². The quantitative estimate of drug-likeness (QED) is 0.655. The van der Waals surface area contributed by atoms with Gasteiger partial charge in [0.1, 0.15) is 0 Å². The maximum Gasteiger partial charge on any atom is 0.314 e. The Morgan fingerprint density at radius 2 is 1.94 bits per heavy atom. The summed E-state index contributed by atoms with van der Waals surface area (Å²) >= 11 is 0. The Morgan fingerprint density at radius 3 is 2.39 bits per heavy atom. The fraction of sp³-hybridized carbons (Fsp3) is 0.933. The van der Waals surface area contributed by atoms with Crippen molar-refractivity contribution in [3.8, 4) is 0 Å². The first kappa shape index (κ1) is 15.5. The van der Waals surface area contributed by atoms with Crippen LogP contribution in [-0.4, -0.2) is 26.3 Å². The number of carbonyl (C=O) groups is 1. The van der Waals surface area contributed by atoms with Gasteiger partial charge in [-0.25, -0.2) is 0 Å². The van der Waals surface area contributed by atoms with Crippen LogP contribution in [0.15, 0.2) is 0 Å². The van der Waals surface area contributed by atoms with E-state index < -0.39 is 5.41 Å². The number of hydrogen-bond acceptors (Lipinski definition) is 3. The third-order valence-corrected chi connectivity index (χ3v) is 4.31. The van der Waals surface area contributed by atoms with E-state index in [0.29, 0.717) is 19.1 Å². The van der Waals surface area contributed by atoms with Crippen LogP contribution in [0.4, 0.5) is 0 Å². The minimum Gasteiger partial charge on any atom is -0.465 e. The van der Waals surface area contributed by atoms with Gasteiger partial charge >= 0.3 is 5.97 Å². The van der Waals surface area contributed by atoms with E-state index in [1.807, 2.05) is 6.92 Å². The van der Waals surface area contributed by atoms with Crippen LogP contribution >= 0.6 is 0 Å². The Labute approximate surface area is 111 Å². The van der Waals surface area contributed by atoms with Crippen molar-refractivity contribution in [2.75, 3.05) is 20.3 Å². The molecule has 106 valence electrons. The van der Waals surface area contributed by atoms with E-state index in [4.69, 9.17) is 9.47 Å². The van der Waals surface area contributed by atoms with Crippen molar-refractivity contribution >= 4 is 5.97 Å². The summed E-state index contributed by atoms with van der Waals surface area (Å²) < 4.78 is 10.8. The monoisotopic (exact) mass is 256 g/mol. The van der Waals surface area contributed by atoms with Crippen molar-refractivity contribution in [1.82, 2.24) is 0 Å². The van der Waals surface area contributed by atoms with E-state index in [0.717, 1.165) is 19.3 Å². The lowest BCUT2D eigenvalue weighted by molar-refractivity contribution is -0.169. The van der Waals surface area contributed by atoms with Crippen LogP contribution in [0.1, 0.15) is 52.9 Å². The highest BCUT2D eigenvalue weighted by atomic mass is 16.5. The van der Waals surface area contributed by atoms with Gasteiger partial charge in [-0.15, -0.1) is 0 Å². The summed E-state index contributed by atoms with van der Waals surface area (Å²) in [4.78, 5) is 12.5. The molecule has 0 aliphatic heterocycles.